The van der Waals surface area contributed by atoms with E-state index in [1.165, 1.54) is 18.2 Å². The van der Waals surface area contributed by atoms with Crippen LogP contribution in [-0.2, 0) is 11.0 Å². The molecule has 3 aromatic rings. The number of alkyl halides is 3. The first-order valence-electron chi connectivity index (χ1n) is 10.3. The second-order valence-corrected chi connectivity index (χ2v) is 9.70. The van der Waals surface area contributed by atoms with E-state index in [4.69, 9.17) is 46.4 Å². The van der Waals surface area contributed by atoms with Crippen molar-refractivity contribution >= 4 is 69.8 Å². The van der Waals surface area contributed by atoms with Gasteiger partial charge in [0.05, 0.1) is 42.8 Å². The summed E-state index contributed by atoms with van der Waals surface area (Å²) in [6.07, 6.45) is -4.69. The Morgan fingerprint density at radius 2 is 1.24 bits per heavy atom. The molecule has 2 aliphatic rings. The molecular weight excluding hydrogens is 582 g/mol. The van der Waals surface area contributed by atoms with Crippen molar-refractivity contribution in [3.05, 3.63) is 96.7 Å². The van der Waals surface area contributed by atoms with Crippen molar-refractivity contribution in [2.45, 2.75) is 18.3 Å². The van der Waals surface area contributed by atoms with Crippen LogP contribution in [0.5, 0.6) is 0 Å². The van der Waals surface area contributed by atoms with Crippen molar-refractivity contribution in [3.63, 3.8) is 0 Å². The maximum absolute atomic E-state index is 13.6. The molecule has 0 aliphatic carbocycles. The highest BCUT2D eigenvalue weighted by Crippen LogP contribution is 2.49. The first-order chi connectivity index (χ1) is 17.3. The van der Waals surface area contributed by atoms with Gasteiger partial charge in [-0.3, -0.25) is 19.3 Å². The van der Waals surface area contributed by atoms with Crippen LogP contribution in [0.25, 0.3) is 0 Å². The second kappa shape index (κ2) is 8.87. The molecule has 0 spiro atoms. The summed E-state index contributed by atoms with van der Waals surface area (Å²) in [7, 11) is 0. The van der Waals surface area contributed by atoms with Gasteiger partial charge in [-0.25, -0.2) is 4.39 Å². The van der Waals surface area contributed by atoms with Crippen LogP contribution in [0.1, 0.15) is 37.9 Å². The van der Waals surface area contributed by atoms with Crippen molar-refractivity contribution < 1.29 is 31.9 Å². The van der Waals surface area contributed by atoms with E-state index in [0.717, 1.165) is 35.2 Å². The normalized spacial score (nSPS) is 19.4. The molecule has 37 heavy (non-hydrogen) atoms. The third-order valence-electron chi connectivity index (χ3n) is 6.14. The summed E-state index contributed by atoms with van der Waals surface area (Å²) >= 11 is 24.5. The average Bonchev–Trinajstić information content (AvgIpc) is 3.10. The largest absolute Gasteiger partial charge is 0.416 e. The fraction of sp³-hybridized carbons (Fsp3) is 0.125. The molecule has 13 heteroatoms. The Morgan fingerprint density at radius 1 is 0.703 bits per heavy atom. The third kappa shape index (κ3) is 3.87. The molecule has 2 heterocycles. The van der Waals surface area contributed by atoms with Gasteiger partial charge < -0.3 is 4.90 Å². The van der Waals surface area contributed by atoms with Crippen LogP contribution in [0.3, 0.4) is 0 Å². The number of benzene rings is 3. The lowest BCUT2D eigenvalue weighted by atomic mass is 9.86. The van der Waals surface area contributed by atoms with Gasteiger partial charge in [-0.1, -0.05) is 64.6 Å². The van der Waals surface area contributed by atoms with Gasteiger partial charge in [0, 0.05) is 5.69 Å². The van der Waals surface area contributed by atoms with Crippen molar-refractivity contribution in [1.29, 1.82) is 0 Å². The fourth-order valence-corrected chi connectivity index (χ4v) is 5.47. The van der Waals surface area contributed by atoms with Gasteiger partial charge in [-0.2, -0.15) is 13.2 Å². The standard InChI is InChI=1S/C24H10Cl4F4N2O3/c25-15-13-14(16(26)18(28)17(15)27)22(36)34(21(13)35)20-19(9-4-6-11(29)7-5-9)33(23(20)37)12-3-1-2-10(8-12)24(30,31)32/h1-8,19-20H/t19-,20+/m0/s1. The van der Waals surface area contributed by atoms with Crippen molar-refractivity contribution in [2.24, 2.45) is 0 Å². The topological polar surface area (TPSA) is 57.7 Å². The Kier molecular flexibility index (Phi) is 6.18. The molecule has 3 aromatic carbocycles. The number of hydrogen-bond acceptors (Lipinski definition) is 3. The number of β-lactam (4-membered cyclic amide) rings is 1. The highest BCUT2D eigenvalue weighted by atomic mass is 35.5. The number of fused-ring (bicyclic) bond motifs is 1. The van der Waals surface area contributed by atoms with E-state index in [2.05, 4.69) is 0 Å². The number of rotatable bonds is 3. The Hall–Kier alpha value is -2.85. The predicted octanol–water partition coefficient (Wildman–Crippen LogP) is 7.21. The first-order valence-corrected chi connectivity index (χ1v) is 11.9. The zero-order valence-corrected chi connectivity index (χ0v) is 20.9. The summed E-state index contributed by atoms with van der Waals surface area (Å²) in [4.78, 5) is 41.8. The Morgan fingerprint density at radius 3 is 1.76 bits per heavy atom. The summed E-state index contributed by atoms with van der Waals surface area (Å²) < 4.78 is 53.7. The zero-order valence-electron chi connectivity index (χ0n) is 17.9. The van der Waals surface area contributed by atoms with Gasteiger partial charge in [0.25, 0.3) is 17.7 Å². The number of imide groups is 1. The quantitative estimate of drug-likeness (QED) is 0.106. The first kappa shape index (κ1) is 25.8. The third-order valence-corrected chi connectivity index (χ3v) is 7.94. The summed E-state index contributed by atoms with van der Waals surface area (Å²) in [5, 5.41) is -1.22. The molecule has 0 unspecified atom stereocenters. The SMILES string of the molecule is O=C1c2c(Cl)c(Cl)c(Cl)c(Cl)c2C(=O)N1[C@H]1C(=O)N(c2cccc(C(F)(F)F)c2)[C@H]1c1ccc(F)cc1. The van der Waals surface area contributed by atoms with E-state index in [0.29, 0.717) is 4.90 Å². The van der Waals surface area contributed by atoms with E-state index in [9.17, 15) is 31.9 Å². The Balaban J connectivity index is 1.63. The number of carbonyl (C=O) groups is 3. The van der Waals surface area contributed by atoms with Gasteiger partial charge >= 0.3 is 6.18 Å². The number of amides is 3. The lowest BCUT2D eigenvalue weighted by molar-refractivity contribution is -0.137. The van der Waals surface area contributed by atoms with Crippen molar-refractivity contribution in [2.75, 3.05) is 4.90 Å². The molecular formula is C24H10Cl4F4N2O3. The molecule has 0 saturated carbocycles. The lowest BCUT2D eigenvalue weighted by Crippen LogP contribution is -2.67. The molecule has 3 amide bonds. The number of anilines is 1. The summed E-state index contributed by atoms with van der Waals surface area (Å²) in [5.74, 6) is -3.44. The Labute approximate surface area is 226 Å². The molecule has 0 aromatic heterocycles. The molecule has 1 saturated heterocycles. The van der Waals surface area contributed by atoms with Gasteiger partial charge in [-0.15, -0.1) is 0 Å². The Bertz CT molecular complexity index is 1460. The number of carbonyl (C=O) groups excluding carboxylic acids is 3. The van der Waals surface area contributed by atoms with E-state index in [1.807, 2.05) is 0 Å². The molecule has 0 radical (unpaired) electrons. The molecule has 2 atom stereocenters. The second-order valence-electron chi connectivity index (χ2n) is 8.18. The number of halogens is 8. The number of nitrogens with zero attached hydrogens (tertiary/aromatic N) is 2. The van der Waals surface area contributed by atoms with Crippen LogP contribution in [0, 0.1) is 5.82 Å². The summed E-state index contributed by atoms with van der Waals surface area (Å²) in [5.41, 5.74) is -1.59. The highest BCUT2D eigenvalue weighted by molar-refractivity contribution is 6.55. The lowest BCUT2D eigenvalue weighted by Gasteiger charge is -2.49. The van der Waals surface area contributed by atoms with E-state index in [-0.39, 0.29) is 42.5 Å². The minimum absolute atomic E-state index is 0.135. The van der Waals surface area contributed by atoms with E-state index >= 15 is 0 Å². The monoisotopic (exact) mass is 590 g/mol. The molecule has 2 aliphatic heterocycles. The van der Waals surface area contributed by atoms with Crippen LogP contribution < -0.4 is 4.90 Å². The molecule has 0 N–H and O–H groups in total. The van der Waals surface area contributed by atoms with Crippen molar-refractivity contribution in [3.8, 4) is 0 Å². The maximum atomic E-state index is 13.6. The van der Waals surface area contributed by atoms with Crippen LogP contribution >= 0.6 is 46.4 Å². The molecule has 5 nitrogen and oxygen atoms in total. The zero-order chi connectivity index (χ0) is 27.0. The van der Waals surface area contributed by atoms with Gasteiger partial charge in [0.1, 0.15) is 11.9 Å². The maximum Gasteiger partial charge on any atom is 0.416 e. The predicted molar refractivity (Wildman–Crippen MR) is 129 cm³/mol. The molecule has 190 valence electrons. The number of hydrogen-bond donors (Lipinski definition) is 0. The van der Waals surface area contributed by atoms with Gasteiger partial charge in [0.15, 0.2) is 0 Å². The molecule has 0 bridgehead atoms. The van der Waals surface area contributed by atoms with Crippen LogP contribution in [-0.4, -0.2) is 28.7 Å². The van der Waals surface area contributed by atoms with Crippen molar-refractivity contribution in [1.82, 2.24) is 4.90 Å². The smallest absolute Gasteiger partial charge is 0.300 e. The van der Waals surface area contributed by atoms with Gasteiger partial charge in [0.2, 0.25) is 0 Å². The minimum atomic E-state index is -4.69. The highest BCUT2D eigenvalue weighted by Gasteiger charge is 2.58. The average molecular weight is 592 g/mol. The van der Waals surface area contributed by atoms with Crippen LogP contribution in [0.2, 0.25) is 20.1 Å². The molecule has 1 fully saturated rings. The van der Waals surface area contributed by atoms with Crippen LogP contribution in [0.4, 0.5) is 23.2 Å². The van der Waals surface area contributed by atoms with E-state index < -0.39 is 47.4 Å². The molecule has 5 rings (SSSR count). The summed E-state index contributed by atoms with van der Waals surface area (Å²) in [6.45, 7) is 0. The fourth-order valence-electron chi connectivity index (χ4n) is 4.46. The van der Waals surface area contributed by atoms with Crippen LogP contribution in [0.15, 0.2) is 48.5 Å². The van der Waals surface area contributed by atoms with Gasteiger partial charge in [-0.05, 0) is 35.9 Å². The summed E-state index contributed by atoms with van der Waals surface area (Å²) in [6, 6.07) is 6.09. The minimum Gasteiger partial charge on any atom is -0.300 e. The van der Waals surface area contributed by atoms with E-state index in [1.54, 1.807) is 0 Å².